The van der Waals surface area contributed by atoms with Crippen LogP contribution in [-0.4, -0.2) is 78.6 Å². The second-order valence-corrected chi connectivity index (χ2v) is 11.7. The van der Waals surface area contributed by atoms with Crippen LogP contribution < -0.4 is 10.1 Å². The monoisotopic (exact) mass is 512 g/mol. The fraction of sp³-hybridized carbons (Fsp3) is 0.655. The van der Waals surface area contributed by atoms with Crippen molar-refractivity contribution in [2.24, 2.45) is 23.2 Å². The molecule has 8 nitrogen and oxygen atoms in total. The zero-order chi connectivity index (χ0) is 26.3. The Morgan fingerprint density at radius 1 is 1.24 bits per heavy atom. The summed E-state index contributed by atoms with van der Waals surface area (Å²) in [6, 6.07) is 6.82. The Hall–Kier alpha value is -2.42. The largest absolute Gasteiger partial charge is 0.486 e. The van der Waals surface area contributed by atoms with Gasteiger partial charge in [0, 0.05) is 31.3 Å². The Labute approximate surface area is 219 Å². The molecule has 202 valence electrons. The van der Waals surface area contributed by atoms with E-state index in [1.54, 1.807) is 18.1 Å². The van der Waals surface area contributed by atoms with Gasteiger partial charge in [-0.2, -0.15) is 0 Å². The summed E-state index contributed by atoms with van der Waals surface area (Å²) in [4.78, 5) is 28.7. The van der Waals surface area contributed by atoms with Gasteiger partial charge in [0.2, 0.25) is 11.8 Å². The maximum atomic E-state index is 13.6. The van der Waals surface area contributed by atoms with E-state index in [1.165, 1.54) is 6.42 Å². The summed E-state index contributed by atoms with van der Waals surface area (Å²) >= 11 is 0. The lowest BCUT2D eigenvalue weighted by Gasteiger charge is -2.61. The van der Waals surface area contributed by atoms with E-state index in [1.807, 2.05) is 24.3 Å². The minimum atomic E-state index is -0.996. The summed E-state index contributed by atoms with van der Waals surface area (Å²) < 4.78 is 11.4. The molecule has 7 atom stereocenters. The van der Waals surface area contributed by atoms with Crippen LogP contribution >= 0.6 is 0 Å². The van der Waals surface area contributed by atoms with E-state index in [2.05, 4.69) is 19.2 Å². The van der Waals surface area contributed by atoms with Crippen molar-refractivity contribution in [2.75, 3.05) is 33.4 Å². The first-order valence-electron chi connectivity index (χ1n) is 13.6. The highest BCUT2D eigenvalue weighted by atomic mass is 16.5. The maximum absolute atomic E-state index is 13.6. The molecule has 6 rings (SSSR count). The first kappa shape index (κ1) is 26.2. The SMILES string of the molecule is COCCC(=O)N(CC1CCC2CC1C2(C)C)C1C=C(C(=O)NCCO)C2c3ccccc3OC2C1O. The molecule has 1 aromatic carbocycles. The fourth-order valence-corrected chi connectivity index (χ4v) is 7.35. The lowest BCUT2D eigenvalue weighted by molar-refractivity contribution is -0.147. The van der Waals surface area contributed by atoms with E-state index in [4.69, 9.17) is 9.47 Å². The van der Waals surface area contributed by atoms with Crippen molar-refractivity contribution in [3.05, 3.63) is 41.5 Å². The van der Waals surface area contributed by atoms with Crippen LogP contribution in [0.1, 0.15) is 51.0 Å². The quantitative estimate of drug-likeness (QED) is 0.468. The molecule has 0 radical (unpaired) electrons. The highest BCUT2D eigenvalue weighted by Crippen LogP contribution is 2.61. The van der Waals surface area contributed by atoms with Gasteiger partial charge in [-0.25, -0.2) is 0 Å². The number of aliphatic hydroxyl groups excluding tert-OH is 2. The van der Waals surface area contributed by atoms with E-state index < -0.39 is 24.2 Å². The van der Waals surface area contributed by atoms with Crippen LogP contribution in [0.3, 0.4) is 0 Å². The second-order valence-electron chi connectivity index (χ2n) is 11.7. The van der Waals surface area contributed by atoms with E-state index >= 15 is 0 Å². The Kier molecular flexibility index (Phi) is 7.35. The van der Waals surface area contributed by atoms with E-state index in [0.29, 0.717) is 36.3 Å². The number of ether oxygens (including phenoxy) is 2. The van der Waals surface area contributed by atoms with Gasteiger partial charge in [-0.15, -0.1) is 0 Å². The molecule has 2 amide bonds. The van der Waals surface area contributed by atoms with Gasteiger partial charge in [0.25, 0.3) is 0 Å². The molecule has 37 heavy (non-hydrogen) atoms. The fourth-order valence-electron chi connectivity index (χ4n) is 7.35. The zero-order valence-corrected chi connectivity index (χ0v) is 22.1. The molecule has 1 aromatic rings. The van der Waals surface area contributed by atoms with E-state index in [-0.39, 0.29) is 36.8 Å². The van der Waals surface area contributed by atoms with Crippen molar-refractivity contribution in [3.8, 4) is 5.75 Å². The van der Waals surface area contributed by atoms with Crippen LogP contribution in [0, 0.1) is 23.2 Å². The number of nitrogens with one attached hydrogen (secondary N) is 1. The van der Waals surface area contributed by atoms with Gasteiger partial charge in [0.05, 0.1) is 31.6 Å². The highest BCUT2D eigenvalue weighted by Gasteiger charge is 2.56. The predicted octanol–water partition coefficient (Wildman–Crippen LogP) is 2.25. The topological polar surface area (TPSA) is 108 Å². The number of carbonyl (C=O) groups is 2. The van der Waals surface area contributed by atoms with E-state index in [9.17, 15) is 19.8 Å². The Morgan fingerprint density at radius 2 is 2.03 bits per heavy atom. The normalized spacial score (nSPS) is 32.8. The molecule has 3 fully saturated rings. The summed E-state index contributed by atoms with van der Waals surface area (Å²) in [5, 5.41) is 23.7. The van der Waals surface area contributed by atoms with Crippen molar-refractivity contribution in [3.63, 3.8) is 0 Å². The maximum Gasteiger partial charge on any atom is 0.247 e. The molecule has 3 saturated carbocycles. The summed E-state index contributed by atoms with van der Waals surface area (Å²) in [6.45, 7) is 5.46. The molecule has 2 bridgehead atoms. The zero-order valence-electron chi connectivity index (χ0n) is 22.1. The van der Waals surface area contributed by atoms with Crippen molar-refractivity contribution >= 4 is 11.8 Å². The lowest BCUT2D eigenvalue weighted by atomic mass is 9.45. The van der Waals surface area contributed by atoms with Gasteiger partial charge in [0.15, 0.2) is 0 Å². The third-order valence-corrected chi connectivity index (χ3v) is 9.51. The second kappa shape index (κ2) is 10.4. The predicted molar refractivity (Wildman–Crippen MR) is 138 cm³/mol. The first-order chi connectivity index (χ1) is 17.8. The standard InChI is InChI=1S/C29H40N2O6/c1-29(2)18-9-8-17(21(29)14-18)16-31(24(33)10-13-36-3)22-15-20(28(35)30-11-12-32)25-19-6-4-5-7-23(19)37-27(25)26(22)34/h4-7,15,17-18,21-22,25-27,32,34H,8-14,16H2,1-3H3,(H,30,35). The van der Waals surface area contributed by atoms with Gasteiger partial charge < -0.3 is 29.9 Å². The molecule has 0 aromatic heterocycles. The van der Waals surface area contributed by atoms with Crippen molar-refractivity contribution in [2.45, 2.75) is 63.7 Å². The number of rotatable bonds is 9. The smallest absolute Gasteiger partial charge is 0.247 e. The molecule has 1 heterocycles. The number of amides is 2. The minimum Gasteiger partial charge on any atom is -0.486 e. The molecule has 5 aliphatic rings. The van der Waals surface area contributed by atoms with Crippen LogP contribution in [0.4, 0.5) is 0 Å². The number of benzene rings is 1. The Balaban J connectivity index is 1.49. The number of aliphatic hydroxyl groups is 2. The van der Waals surface area contributed by atoms with Gasteiger partial charge in [-0.05, 0) is 54.6 Å². The average Bonchev–Trinajstić information content (AvgIpc) is 3.29. The van der Waals surface area contributed by atoms with Gasteiger partial charge in [0.1, 0.15) is 18.0 Å². The van der Waals surface area contributed by atoms with Crippen LogP contribution in [0.2, 0.25) is 0 Å². The third-order valence-electron chi connectivity index (χ3n) is 9.51. The van der Waals surface area contributed by atoms with Crippen LogP contribution in [0.15, 0.2) is 35.9 Å². The number of hydrogen-bond acceptors (Lipinski definition) is 6. The number of carbonyl (C=O) groups excluding carboxylic acids is 2. The third kappa shape index (κ3) is 4.57. The number of nitrogens with zero attached hydrogens (tertiary/aromatic N) is 1. The van der Waals surface area contributed by atoms with Gasteiger partial charge in [-0.1, -0.05) is 32.0 Å². The molecule has 1 aliphatic heterocycles. The van der Waals surface area contributed by atoms with Crippen molar-refractivity contribution in [1.29, 1.82) is 0 Å². The van der Waals surface area contributed by atoms with Crippen LogP contribution in [-0.2, 0) is 14.3 Å². The van der Waals surface area contributed by atoms with E-state index in [0.717, 1.165) is 24.3 Å². The summed E-state index contributed by atoms with van der Waals surface area (Å²) in [6.07, 6.45) is 3.72. The molecule has 0 saturated heterocycles. The number of fused-ring (bicyclic) bond motifs is 5. The molecule has 0 spiro atoms. The van der Waals surface area contributed by atoms with Crippen molar-refractivity contribution in [1.82, 2.24) is 10.2 Å². The highest BCUT2D eigenvalue weighted by molar-refractivity contribution is 5.96. The van der Waals surface area contributed by atoms with Gasteiger partial charge >= 0.3 is 0 Å². The number of para-hydroxylation sites is 1. The van der Waals surface area contributed by atoms with Crippen LogP contribution in [0.25, 0.3) is 0 Å². The molecule has 7 unspecified atom stereocenters. The molecule has 8 heteroatoms. The molecular weight excluding hydrogens is 472 g/mol. The van der Waals surface area contributed by atoms with Crippen molar-refractivity contribution < 1.29 is 29.3 Å². The summed E-state index contributed by atoms with van der Waals surface area (Å²) in [5.74, 6) is 1.43. The summed E-state index contributed by atoms with van der Waals surface area (Å²) in [7, 11) is 1.57. The number of hydrogen-bond donors (Lipinski definition) is 3. The molecular formula is C29H40N2O6. The number of methoxy groups -OCH3 is 1. The Morgan fingerprint density at radius 3 is 2.73 bits per heavy atom. The Bertz CT molecular complexity index is 1050. The molecule has 3 N–H and O–H groups in total. The lowest BCUT2D eigenvalue weighted by Crippen LogP contribution is -2.59. The molecule has 4 aliphatic carbocycles. The van der Waals surface area contributed by atoms with Crippen LogP contribution in [0.5, 0.6) is 5.75 Å². The first-order valence-corrected chi connectivity index (χ1v) is 13.6. The summed E-state index contributed by atoms with van der Waals surface area (Å²) in [5.41, 5.74) is 1.58. The average molecular weight is 513 g/mol. The minimum absolute atomic E-state index is 0.0921. The van der Waals surface area contributed by atoms with Gasteiger partial charge in [-0.3, -0.25) is 9.59 Å².